The summed E-state index contributed by atoms with van der Waals surface area (Å²) in [7, 11) is 0. The molecule has 0 atom stereocenters. The molecule has 0 N–H and O–H groups in total. The minimum absolute atomic E-state index is 0. The summed E-state index contributed by atoms with van der Waals surface area (Å²) in [6.07, 6.45) is 1.11. The van der Waals surface area contributed by atoms with Gasteiger partial charge in [-0.2, -0.15) is 0 Å². The number of hydrogen-bond donors (Lipinski definition) is 0. The van der Waals surface area contributed by atoms with Crippen LogP contribution in [0, 0.1) is 0 Å². The van der Waals surface area contributed by atoms with Crippen LogP contribution in [0.3, 0.4) is 0 Å². The van der Waals surface area contributed by atoms with E-state index in [1.165, 1.54) is 16.9 Å². The lowest BCUT2D eigenvalue weighted by molar-refractivity contribution is -0.00000402. The minimum atomic E-state index is 0. The Hall–Kier alpha value is -1.71. The Morgan fingerprint density at radius 3 is 2.68 bits per heavy atom. The van der Waals surface area contributed by atoms with Crippen LogP contribution in [0.5, 0.6) is 0 Å². The molecule has 0 saturated carbocycles. The molecule has 2 heterocycles. The summed E-state index contributed by atoms with van der Waals surface area (Å²) in [5.74, 6) is 1.07. The van der Waals surface area contributed by atoms with Crippen molar-refractivity contribution in [1.29, 1.82) is 0 Å². The van der Waals surface area contributed by atoms with Gasteiger partial charge in [0.1, 0.15) is 0 Å². The molecule has 2 aliphatic rings. The number of para-hydroxylation sites is 2. The number of guanidine groups is 1. The second kappa shape index (κ2) is 6.19. The number of nitrogens with zero attached hydrogens (tertiary/aromatic N) is 3. The Balaban J connectivity index is 0.00000144. The summed E-state index contributed by atoms with van der Waals surface area (Å²) in [5, 5.41) is 0.780. The van der Waals surface area contributed by atoms with Crippen molar-refractivity contribution in [1.82, 2.24) is 0 Å². The molecule has 0 radical (unpaired) electrons. The monoisotopic (exact) mass is 332 g/mol. The summed E-state index contributed by atoms with van der Waals surface area (Å²) in [6, 6.07) is 16.6. The summed E-state index contributed by atoms with van der Waals surface area (Å²) in [5.41, 5.74) is 3.70. The second-order valence-electron chi connectivity index (χ2n) is 5.39. The van der Waals surface area contributed by atoms with Crippen molar-refractivity contribution in [2.75, 3.05) is 22.9 Å². The maximum atomic E-state index is 6.11. The highest BCUT2D eigenvalue weighted by atomic mass is 35.5. The number of benzene rings is 2. The van der Waals surface area contributed by atoms with E-state index >= 15 is 0 Å². The molecule has 0 unspecified atom stereocenters. The van der Waals surface area contributed by atoms with Crippen molar-refractivity contribution < 1.29 is 12.4 Å². The van der Waals surface area contributed by atoms with Gasteiger partial charge in [-0.05, 0) is 36.2 Å². The van der Waals surface area contributed by atoms with E-state index in [4.69, 9.17) is 16.6 Å². The van der Waals surface area contributed by atoms with E-state index in [2.05, 4.69) is 40.1 Å². The third kappa shape index (κ3) is 2.55. The number of anilines is 2. The quantitative estimate of drug-likeness (QED) is 0.814. The van der Waals surface area contributed by atoms with Crippen LogP contribution >= 0.6 is 11.6 Å². The van der Waals surface area contributed by atoms with Gasteiger partial charge in [-0.3, -0.25) is 4.99 Å². The number of hydrogen-bond acceptors (Lipinski definition) is 3. The molecule has 0 fully saturated rings. The van der Waals surface area contributed by atoms with E-state index in [9.17, 15) is 0 Å². The van der Waals surface area contributed by atoms with E-state index in [0.29, 0.717) is 0 Å². The lowest BCUT2D eigenvalue weighted by atomic mass is 10.2. The molecule has 0 spiro atoms. The van der Waals surface area contributed by atoms with Crippen LogP contribution in [0.25, 0.3) is 0 Å². The first kappa shape index (κ1) is 15.2. The molecular formula is C17H16Cl2N3-. The Bertz CT molecular complexity index is 715. The zero-order chi connectivity index (χ0) is 14.2. The first-order valence-corrected chi connectivity index (χ1v) is 7.64. The van der Waals surface area contributed by atoms with Gasteiger partial charge in [0.05, 0.1) is 17.9 Å². The lowest BCUT2D eigenvalue weighted by Gasteiger charge is -2.27. The molecule has 2 aromatic rings. The van der Waals surface area contributed by atoms with Crippen LogP contribution in [0.2, 0.25) is 5.02 Å². The predicted octanol–water partition coefficient (Wildman–Crippen LogP) is 0.930. The van der Waals surface area contributed by atoms with Gasteiger partial charge in [-0.1, -0.05) is 35.9 Å². The van der Waals surface area contributed by atoms with Gasteiger partial charge in [0.25, 0.3) is 0 Å². The highest BCUT2D eigenvalue weighted by Crippen LogP contribution is 2.39. The maximum Gasteiger partial charge on any atom is 0.206 e. The first-order valence-electron chi connectivity index (χ1n) is 7.26. The molecule has 22 heavy (non-hydrogen) atoms. The van der Waals surface area contributed by atoms with Crippen molar-refractivity contribution in [3.63, 3.8) is 0 Å². The largest absolute Gasteiger partial charge is 1.00 e. The Labute approximate surface area is 141 Å². The fourth-order valence-corrected chi connectivity index (χ4v) is 3.27. The Morgan fingerprint density at radius 1 is 1.05 bits per heavy atom. The molecule has 114 valence electrons. The molecule has 0 bridgehead atoms. The molecule has 4 rings (SSSR count). The highest BCUT2D eigenvalue weighted by molar-refractivity contribution is 6.30. The molecular weight excluding hydrogens is 317 g/mol. The van der Waals surface area contributed by atoms with Crippen molar-refractivity contribution in [3.8, 4) is 0 Å². The molecule has 3 nitrogen and oxygen atoms in total. The molecule has 5 heteroatoms. The van der Waals surface area contributed by atoms with E-state index in [0.717, 1.165) is 37.0 Å². The normalized spacial score (nSPS) is 15.8. The third-order valence-electron chi connectivity index (χ3n) is 3.97. The molecule has 0 amide bonds. The van der Waals surface area contributed by atoms with E-state index in [1.54, 1.807) is 0 Å². The summed E-state index contributed by atoms with van der Waals surface area (Å²) in [6.45, 7) is 2.75. The molecule has 2 aliphatic heterocycles. The topological polar surface area (TPSA) is 18.8 Å². The number of halogens is 2. The van der Waals surface area contributed by atoms with Crippen molar-refractivity contribution >= 4 is 28.9 Å². The highest BCUT2D eigenvalue weighted by Gasteiger charge is 2.33. The smallest absolute Gasteiger partial charge is 0.206 e. The summed E-state index contributed by atoms with van der Waals surface area (Å²) >= 11 is 6.11. The van der Waals surface area contributed by atoms with Crippen LogP contribution in [0.1, 0.15) is 12.0 Å². The number of rotatable bonds is 2. The fourth-order valence-electron chi connectivity index (χ4n) is 3.05. The van der Waals surface area contributed by atoms with Gasteiger partial charge in [0.15, 0.2) is 0 Å². The SMILES string of the molecule is Clc1cccc(CN2C3=NCCCN3c3ccccc32)c1.[Cl-]. The zero-order valence-electron chi connectivity index (χ0n) is 12.0. The Kier molecular flexibility index (Phi) is 4.27. The van der Waals surface area contributed by atoms with E-state index in [1.807, 2.05) is 18.2 Å². The first-order chi connectivity index (χ1) is 10.3. The molecule has 0 saturated heterocycles. The molecule has 2 aromatic carbocycles. The van der Waals surface area contributed by atoms with Crippen LogP contribution in [0.15, 0.2) is 53.5 Å². The predicted molar refractivity (Wildman–Crippen MR) is 88.3 cm³/mol. The molecule has 0 aliphatic carbocycles. The Morgan fingerprint density at radius 2 is 1.86 bits per heavy atom. The zero-order valence-corrected chi connectivity index (χ0v) is 13.6. The van der Waals surface area contributed by atoms with E-state index in [-0.39, 0.29) is 12.4 Å². The average molecular weight is 333 g/mol. The fraction of sp³-hybridized carbons (Fsp3) is 0.235. The standard InChI is InChI=1S/C17H16ClN3.ClH/c18-14-6-3-5-13(11-14)12-21-16-8-2-1-7-15(16)20-10-4-9-19-17(20)21;/h1-3,5-8,11H,4,9-10,12H2;1H/p-1. The minimum Gasteiger partial charge on any atom is -1.00 e. The van der Waals surface area contributed by atoms with Gasteiger partial charge in [-0.15, -0.1) is 0 Å². The van der Waals surface area contributed by atoms with E-state index < -0.39 is 0 Å². The van der Waals surface area contributed by atoms with Crippen LogP contribution in [-0.4, -0.2) is 19.0 Å². The average Bonchev–Trinajstić information content (AvgIpc) is 2.83. The van der Waals surface area contributed by atoms with Crippen LogP contribution < -0.4 is 22.2 Å². The van der Waals surface area contributed by atoms with Gasteiger partial charge in [-0.25, -0.2) is 0 Å². The van der Waals surface area contributed by atoms with Crippen molar-refractivity contribution in [3.05, 3.63) is 59.1 Å². The van der Waals surface area contributed by atoms with Crippen molar-refractivity contribution in [2.45, 2.75) is 13.0 Å². The lowest BCUT2D eigenvalue weighted by Crippen LogP contribution is -3.00. The third-order valence-corrected chi connectivity index (χ3v) is 4.20. The van der Waals surface area contributed by atoms with Gasteiger partial charge in [0, 0.05) is 18.1 Å². The van der Waals surface area contributed by atoms with Gasteiger partial charge >= 0.3 is 0 Å². The van der Waals surface area contributed by atoms with Gasteiger partial charge in [0.2, 0.25) is 5.96 Å². The maximum absolute atomic E-state index is 6.11. The summed E-state index contributed by atoms with van der Waals surface area (Å²) < 4.78 is 0. The second-order valence-corrected chi connectivity index (χ2v) is 5.83. The number of aliphatic imine (C=N–C) groups is 1. The van der Waals surface area contributed by atoms with Crippen LogP contribution in [-0.2, 0) is 6.54 Å². The number of fused-ring (bicyclic) bond motifs is 3. The van der Waals surface area contributed by atoms with Crippen molar-refractivity contribution in [2.24, 2.45) is 4.99 Å². The summed E-state index contributed by atoms with van der Waals surface area (Å²) in [4.78, 5) is 9.36. The van der Waals surface area contributed by atoms with Gasteiger partial charge < -0.3 is 22.2 Å². The molecule has 0 aromatic heterocycles. The van der Waals surface area contributed by atoms with Crippen LogP contribution in [0.4, 0.5) is 11.4 Å².